The van der Waals surface area contributed by atoms with Gasteiger partial charge in [0, 0.05) is 12.3 Å². The van der Waals surface area contributed by atoms with Gasteiger partial charge in [-0.15, -0.1) is 0 Å². The number of aliphatic hydroxyl groups excluding tert-OH is 1. The fourth-order valence-corrected chi connectivity index (χ4v) is 2.41. The van der Waals surface area contributed by atoms with Crippen molar-refractivity contribution in [2.45, 2.75) is 44.0 Å². The molecule has 1 heterocycles. The van der Waals surface area contributed by atoms with Crippen molar-refractivity contribution in [3.63, 3.8) is 0 Å². The summed E-state index contributed by atoms with van der Waals surface area (Å²) in [5.41, 5.74) is 5.49. The molecule has 1 saturated heterocycles. The van der Waals surface area contributed by atoms with E-state index in [-0.39, 0.29) is 5.75 Å². The number of nitrogens with one attached hydrogen (secondary N) is 1. The summed E-state index contributed by atoms with van der Waals surface area (Å²) in [6.45, 7) is 1.70. The van der Waals surface area contributed by atoms with E-state index in [2.05, 4.69) is 17.9 Å². The van der Waals surface area contributed by atoms with Crippen LogP contribution >= 0.6 is 12.6 Å². The first-order chi connectivity index (χ1) is 9.79. The molecule has 0 bridgehead atoms. The number of aliphatic hydroxyl groups is 1. The van der Waals surface area contributed by atoms with Crippen LogP contribution in [0.2, 0.25) is 0 Å². The van der Waals surface area contributed by atoms with Gasteiger partial charge in [0.1, 0.15) is 18.1 Å². The standard InChI is InChI=1S/C12H21N3O5S/c1-6(16)9(13)10(17)14-7(5-21)11(18)15-4-2-3-8(15)12(19)20/h6-9,16,21H,2-5,13H2,1H3,(H,14,17)(H,19,20). The van der Waals surface area contributed by atoms with E-state index in [1.807, 2.05) is 0 Å². The third-order valence-corrected chi connectivity index (χ3v) is 3.81. The molecule has 0 spiro atoms. The molecule has 0 radical (unpaired) electrons. The van der Waals surface area contributed by atoms with E-state index >= 15 is 0 Å². The summed E-state index contributed by atoms with van der Waals surface area (Å²) in [5.74, 6) is -2.23. The number of nitrogens with two attached hydrogens (primary N) is 1. The van der Waals surface area contributed by atoms with Gasteiger partial charge in [0.15, 0.2) is 0 Å². The highest BCUT2D eigenvalue weighted by Crippen LogP contribution is 2.18. The molecule has 1 fully saturated rings. The van der Waals surface area contributed by atoms with Crippen molar-refractivity contribution in [2.75, 3.05) is 12.3 Å². The largest absolute Gasteiger partial charge is 0.480 e. The normalized spacial score (nSPS) is 22.5. The molecule has 4 unspecified atom stereocenters. The Morgan fingerprint density at radius 1 is 1.48 bits per heavy atom. The molecule has 21 heavy (non-hydrogen) atoms. The smallest absolute Gasteiger partial charge is 0.326 e. The van der Waals surface area contributed by atoms with Crippen LogP contribution in [0.15, 0.2) is 0 Å². The molecule has 0 aromatic rings. The van der Waals surface area contributed by atoms with Crippen molar-refractivity contribution < 1.29 is 24.6 Å². The summed E-state index contributed by atoms with van der Waals surface area (Å²) in [6.07, 6.45) is -0.0656. The van der Waals surface area contributed by atoms with E-state index in [1.54, 1.807) is 0 Å². The topological polar surface area (TPSA) is 133 Å². The zero-order chi connectivity index (χ0) is 16.2. The number of amides is 2. The molecule has 5 N–H and O–H groups in total. The summed E-state index contributed by atoms with van der Waals surface area (Å²) < 4.78 is 0. The minimum atomic E-state index is -1.16. The van der Waals surface area contributed by atoms with Crippen LogP contribution in [0.5, 0.6) is 0 Å². The number of rotatable bonds is 6. The van der Waals surface area contributed by atoms with Gasteiger partial charge in [-0.25, -0.2) is 4.79 Å². The zero-order valence-electron chi connectivity index (χ0n) is 11.7. The van der Waals surface area contributed by atoms with Gasteiger partial charge in [0.25, 0.3) is 0 Å². The molecule has 2 amide bonds. The first-order valence-electron chi connectivity index (χ1n) is 6.67. The Balaban J connectivity index is 2.73. The number of carboxylic acid groups (broad SMARTS) is 1. The molecule has 9 heteroatoms. The van der Waals surface area contributed by atoms with E-state index in [4.69, 9.17) is 10.8 Å². The predicted molar refractivity (Wildman–Crippen MR) is 77.8 cm³/mol. The van der Waals surface area contributed by atoms with Crippen molar-refractivity contribution in [3.8, 4) is 0 Å². The average molecular weight is 319 g/mol. The van der Waals surface area contributed by atoms with Crippen molar-refractivity contribution in [1.29, 1.82) is 0 Å². The monoisotopic (exact) mass is 319 g/mol. The highest BCUT2D eigenvalue weighted by atomic mass is 32.1. The van der Waals surface area contributed by atoms with Crippen LogP contribution in [0.1, 0.15) is 19.8 Å². The molecule has 8 nitrogen and oxygen atoms in total. The van der Waals surface area contributed by atoms with Crippen LogP contribution in [-0.4, -0.2) is 69.4 Å². The Morgan fingerprint density at radius 2 is 2.10 bits per heavy atom. The van der Waals surface area contributed by atoms with Gasteiger partial charge >= 0.3 is 5.97 Å². The number of carboxylic acids is 1. The SMILES string of the molecule is CC(O)C(N)C(=O)NC(CS)C(=O)N1CCCC1C(=O)O. The van der Waals surface area contributed by atoms with E-state index in [0.717, 1.165) is 0 Å². The maximum Gasteiger partial charge on any atom is 0.326 e. The second-order valence-electron chi connectivity index (χ2n) is 5.04. The molecular formula is C12H21N3O5S. The molecule has 0 aromatic heterocycles. The van der Waals surface area contributed by atoms with Gasteiger partial charge in [-0.05, 0) is 19.8 Å². The highest BCUT2D eigenvalue weighted by Gasteiger charge is 2.37. The third-order valence-electron chi connectivity index (χ3n) is 3.44. The first-order valence-corrected chi connectivity index (χ1v) is 7.31. The number of hydrogen-bond donors (Lipinski definition) is 5. The van der Waals surface area contributed by atoms with Crippen LogP contribution in [0.4, 0.5) is 0 Å². The molecule has 0 aliphatic carbocycles. The molecule has 120 valence electrons. The van der Waals surface area contributed by atoms with Crippen LogP contribution in [0.3, 0.4) is 0 Å². The highest BCUT2D eigenvalue weighted by molar-refractivity contribution is 7.80. The summed E-state index contributed by atoms with van der Waals surface area (Å²) in [5, 5.41) is 20.7. The molecule has 1 aliphatic heterocycles. The van der Waals surface area contributed by atoms with Gasteiger partial charge in [0.2, 0.25) is 11.8 Å². The van der Waals surface area contributed by atoms with E-state index in [1.165, 1.54) is 11.8 Å². The Morgan fingerprint density at radius 3 is 2.57 bits per heavy atom. The van der Waals surface area contributed by atoms with Crippen LogP contribution in [0, 0.1) is 0 Å². The van der Waals surface area contributed by atoms with Crippen molar-refractivity contribution in [1.82, 2.24) is 10.2 Å². The van der Waals surface area contributed by atoms with E-state index in [0.29, 0.717) is 19.4 Å². The van der Waals surface area contributed by atoms with Crippen LogP contribution in [0.25, 0.3) is 0 Å². The van der Waals surface area contributed by atoms with E-state index < -0.39 is 42.0 Å². The van der Waals surface area contributed by atoms with Gasteiger partial charge < -0.3 is 26.2 Å². The molecule has 0 aromatic carbocycles. The lowest BCUT2D eigenvalue weighted by atomic mass is 10.1. The lowest BCUT2D eigenvalue weighted by Crippen LogP contribution is -2.57. The fraction of sp³-hybridized carbons (Fsp3) is 0.750. The number of carbonyl (C=O) groups excluding carboxylic acids is 2. The van der Waals surface area contributed by atoms with Crippen molar-refractivity contribution >= 4 is 30.4 Å². The Bertz CT molecular complexity index is 418. The first kappa shape index (κ1) is 17.7. The molecule has 1 aliphatic rings. The quantitative estimate of drug-likeness (QED) is 0.366. The van der Waals surface area contributed by atoms with Crippen molar-refractivity contribution in [3.05, 3.63) is 0 Å². The molecular weight excluding hydrogens is 298 g/mol. The fourth-order valence-electron chi connectivity index (χ4n) is 2.16. The molecule has 0 saturated carbocycles. The van der Waals surface area contributed by atoms with Gasteiger partial charge in [-0.3, -0.25) is 9.59 Å². The average Bonchev–Trinajstić information content (AvgIpc) is 2.92. The number of hydrogen-bond acceptors (Lipinski definition) is 6. The predicted octanol–water partition coefficient (Wildman–Crippen LogP) is -1.82. The number of likely N-dealkylation sites (tertiary alicyclic amines) is 1. The minimum Gasteiger partial charge on any atom is -0.480 e. The van der Waals surface area contributed by atoms with E-state index in [9.17, 15) is 19.5 Å². The minimum absolute atomic E-state index is 0.0138. The lowest BCUT2D eigenvalue weighted by molar-refractivity contribution is -0.149. The Hall–Kier alpha value is -1.32. The lowest BCUT2D eigenvalue weighted by Gasteiger charge is -2.27. The Labute approximate surface area is 128 Å². The second-order valence-corrected chi connectivity index (χ2v) is 5.40. The van der Waals surface area contributed by atoms with Crippen molar-refractivity contribution in [2.24, 2.45) is 5.73 Å². The summed E-state index contributed by atoms with van der Waals surface area (Å²) in [7, 11) is 0. The number of aliphatic carboxylic acids is 1. The number of nitrogens with zero attached hydrogens (tertiary/aromatic N) is 1. The van der Waals surface area contributed by atoms with Gasteiger partial charge in [-0.2, -0.15) is 12.6 Å². The summed E-state index contributed by atoms with van der Waals surface area (Å²) in [4.78, 5) is 36.4. The Kier molecular flexibility index (Phi) is 6.43. The zero-order valence-corrected chi connectivity index (χ0v) is 12.6. The summed E-state index contributed by atoms with van der Waals surface area (Å²) in [6, 6.07) is -3.00. The van der Waals surface area contributed by atoms with Gasteiger partial charge in [0.05, 0.1) is 6.10 Å². The molecule has 4 atom stereocenters. The number of carbonyl (C=O) groups is 3. The molecule has 1 rings (SSSR count). The van der Waals surface area contributed by atoms with Gasteiger partial charge in [-0.1, -0.05) is 0 Å². The number of thiol groups is 1. The second kappa shape index (κ2) is 7.62. The third kappa shape index (κ3) is 4.32. The van der Waals surface area contributed by atoms with Crippen LogP contribution in [-0.2, 0) is 14.4 Å². The van der Waals surface area contributed by atoms with Crippen LogP contribution < -0.4 is 11.1 Å². The summed E-state index contributed by atoms with van der Waals surface area (Å²) >= 11 is 4.01. The maximum absolute atomic E-state index is 12.3. The maximum atomic E-state index is 12.3.